The molecule has 0 spiro atoms. The van der Waals surface area contributed by atoms with Crippen molar-refractivity contribution in [1.82, 2.24) is 4.90 Å². The molecule has 4 rings (SSSR count). The third-order valence-corrected chi connectivity index (χ3v) is 6.16. The molecular weight excluding hydrogens is 435 g/mol. The van der Waals surface area contributed by atoms with Gasteiger partial charge in [0.1, 0.15) is 17.6 Å². The van der Waals surface area contributed by atoms with Gasteiger partial charge in [-0.25, -0.2) is 0 Å². The van der Waals surface area contributed by atoms with E-state index in [2.05, 4.69) is 0 Å². The summed E-state index contributed by atoms with van der Waals surface area (Å²) in [6, 6.07) is 14.4. The molecule has 0 fully saturated rings. The van der Waals surface area contributed by atoms with Crippen LogP contribution in [-0.4, -0.2) is 30.8 Å². The van der Waals surface area contributed by atoms with Gasteiger partial charge in [-0.05, 0) is 41.8 Å². The maximum absolute atomic E-state index is 13.6. The first-order chi connectivity index (χ1) is 14.9. The molecule has 1 aliphatic rings. The zero-order chi connectivity index (χ0) is 22.1. The smallest absolute Gasteiger partial charge is 0.259 e. The molecule has 5 nitrogen and oxygen atoms in total. The van der Waals surface area contributed by atoms with Gasteiger partial charge in [0.15, 0.2) is 0 Å². The molecule has 0 saturated carbocycles. The summed E-state index contributed by atoms with van der Waals surface area (Å²) in [5.74, 6) is 0.407. The van der Waals surface area contributed by atoms with Crippen LogP contribution in [0.2, 0.25) is 10.0 Å². The Balaban J connectivity index is 1.76. The monoisotopic (exact) mass is 456 g/mol. The van der Waals surface area contributed by atoms with Crippen LogP contribution >= 0.6 is 23.2 Å². The van der Waals surface area contributed by atoms with Gasteiger partial charge in [0.25, 0.3) is 5.91 Å². The highest BCUT2D eigenvalue weighted by Crippen LogP contribution is 2.36. The van der Waals surface area contributed by atoms with E-state index >= 15 is 0 Å². The Bertz CT molecular complexity index is 1060. The van der Waals surface area contributed by atoms with Gasteiger partial charge in [-0.2, -0.15) is 0 Å². The van der Waals surface area contributed by atoms with Gasteiger partial charge in [-0.15, -0.1) is 0 Å². The Hall–Kier alpha value is -2.76. The van der Waals surface area contributed by atoms with Crippen molar-refractivity contribution in [3.05, 3.63) is 87.3 Å². The molecule has 0 atom stereocenters. The molecular formula is C24H22Cl2N2O3. The highest BCUT2D eigenvalue weighted by Gasteiger charge is 2.32. The topological polar surface area (TPSA) is 53.8 Å². The molecule has 1 aliphatic heterocycles. The number of amides is 2. The molecule has 0 bridgehead atoms. The van der Waals surface area contributed by atoms with E-state index in [1.54, 1.807) is 43.3 Å². The fourth-order valence-corrected chi connectivity index (χ4v) is 4.27. The van der Waals surface area contributed by atoms with Gasteiger partial charge in [-0.3, -0.25) is 9.59 Å². The Labute approximate surface area is 191 Å². The molecule has 0 unspecified atom stereocenters. The number of anilines is 1. The Morgan fingerprint density at radius 1 is 1.00 bits per heavy atom. The molecule has 31 heavy (non-hydrogen) atoms. The zero-order valence-corrected chi connectivity index (χ0v) is 18.8. The third-order valence-electron chi connectivity index (χ3n) is 5.65. The first-order valence-electron chi connectivity index (χ1n) is 10.0. The second kappa shape index (κ2) is 8.77. The average molecular weight is 457 g/mol. The van der Waals surface area contributed by atoms with Crippen molar-refractivity contribution in [2.24, 2.45) is 0 Å². The van der Waals surface area contributed by atoms with Gasteiger partial charge in [0.2, 0.25) is 5.91 Å². The first-order valence-corrected chi connectivity index (χ1v) is 10.8. The van der Waals surface area contributed by atoms with Crippen LogP contribution in [-0.2, 0) is 11.2 Å². The van der Waals surface area contributed by atoms with Gasteiger partial charge in [0, 0.05) is 37.0 Å². The predicted molar refractivity (Wildman–Crippen MR) is 122 cm³/mol. The van der Waals surface area contributed by atoms with Crippen LogP contribution in [0.1, 0.15) is 46.1 Å². The lowest BCUT2D eigenvalue weighted by molar-refractivity contribution is -0.118. The maximum atomic E-state index is 13.6. The van der Waals surface area contributed by atoms with Crippen molar-refractivity contribution in [2.75, 3.05) is 19.0 Å². The van der Waals surface area contributed by atoms with Crippen LogP contribution in [0.5, 0.6) is 0 Å². The Kier molecular flexibility index (Phi) is 6.08. The lowest BCUT2D eigenvalue weighted by Crippen LogP contribution is -2.34. The van der Waals surface area contributed by atoms with Crippen molar-refractivity contribution in [1.29, 1.82) is 0 Å². The van der Waals surface area contributed by atoms with Crippen LogP contribution in [0.3, 0.4) is 0 Å². The number of carbonyl (C=O) groups is 2. The second-order valence-electron chi connectivity index (χ2n) is 7.65. The zero-order valence-electron chi connectivity index (χ0n) is 17.3. The number of hydrogen-bond acceptors (Lipinski definition) is 3. The summed E-state index contributed by atoms with van der Waals surface area (Å²) < 4.78 is 5.70. The van der Waals surface area contributed by atoms with Gasteiger partial charge < -0.3 is 14.2 Å². The lowest BCUT2D eigenvalue weighted by Gasteiger charge is -2.30. The summed E-state index contributed by atoms with van der Waals surface area (Å²) >= 11 is 12.2. The van der Waals surface area contributed by atoms with Crippen LogP contribution < -0.4 is 4.90 Å². The molecule has 0 saturated heterocycles. The Morgan fingerprint density at radius 3 is 2.10 bits per heavy atom. The summed E-state index contributed by atoms with van der Waals surface area (Å²) in [5.41, 5.74) is 2.75. The Morgan fingerprint density at radius 2 is 1.55 bits per heavy atom. The van der Waals surface area contributed by atoms with E-state index in [9.17, 15) is 9.59 Å². The minimum Gasteiger partial charge on any atom is -0.466 e. The van der Waals surface area contributed by atoms with Crippen LogP contribution in [0.15, 0.2) is 59.2 Å². The molecule has 1 aromatic heterocycles. The highest BCUT2D eigenvalue weighted by atomic mass is 35.5. The van der Waals surface area contributed by atoms with E-state index in [1.165, 1.54) is 11.2 Å². The quantitative estimate of drug-likeness (QED) is 0.502. The molecule has 2 heterocycles. The van der Waals surface area contributed by atoms with Crippen molar-refractivity contribution in [2.45, 2.75) is 25.3 Å². The van der Waals surface area contributed by atoms with Crippen molar-refractivity contribution in [3.63, 3.8) is 0 Å². The minimum atomic E-state index is -0.376. The molecule has 160 valence electrons. The number of nitrogens with zero attached hydrogens (tertiary/aromatic N) is 2. The van der Waals surface area contributed by atoms with E-state index in [4.69, 9.17) is 27.6 Å². The second-order valence-corrected chi connectivity index (χ2v) is 8.52. The number of hydrogen-bond donors (Lipinski definition) is 0. The summed E-state index contributed by atoms with van der Waals surface area (Å²) in [6.07, 6.45) is 3.22. The number of halogens is 2. The third kappa shape index (κ3) is 4.21. The number of benzene rings is 2. The van der Waals surface area contributed by atoms with Crippen molar-refractivity contribution in [3.8, 4) is 0 Å². The normalized spacial score (nSPS) is 13.8. The molecule has 2 amide bonds. The predicted octanol–water partition coefficient (Wildman–Crippen LogP) is 5.75. The minimum absolute atomic E-state index is 0.0243. The number of furan rings is 1. The summed E-state index contributed by atoms with van der Waals surface area (Å²) in [6.45, 7) is 0. The van der Waals surface area contributed by atoms with Crippen LogP contribution in [0.4, 0.5) is 5.69 Å². The van der Waals surface area contributed by atoms with E-state index in [0.29, 0.717) is 46.3 Å². The fraction of sp³-hybridized carbons (Fsp3) is 0.250. The number of rotatable bonds is 4. The lowest BCUT2D eigenvalue weighted by atomic mass is 9.96. The van der Waals surface area contributed by atoms with Crippen LogP contribution in [0.25, 0.3) is 0 Å². The molecule has 0 aliphatic carbocycles. The number of carbonyl (C=O) groups excluding carboxylic acids is 2. The number of aryl methyl sites for hydroxylation is 1. The average Bonchev–Trinajstić information content (AvgIpc) is 3.13. The summed E-state index contributed by atoms with van der Waals surface area (Å²) in [4.78, 5) is 29.2. The van der Waals surface area contributed by atoms with Crippen LogP contribution in [0, 0.1) is 0 Å². The largest absolute Gasteiger partial charge is 0.466 e. The molecule has 7 heteroatoms. The maximum Gasteiger partial charge on any atom is 0.259 e. The highest BCUT2D eigenvalue weighted by molar-refractivity contribution is 6.30. The first kappa shape index (κ1) is 21.5. The molecule has 0 radical (unpaired) electrons. The SMILES string of the molecule is CN1C(=O)CCCc2occ(C(=O)N(C)C(c3ccc(Cl)cc3)c3ccc(Cl)cc3)c21. The van der Waals surface area contributed by atoms with Crippen molar-refractivity contribution >= 4 is 40.7 Å². The van der Waals surface area contributed by atoms with Gasteiger partial charge >= 0.3 is 0 Å². The summed E-state index contributed by atoms with van der Waals surface area (Å²) in [7, 11) is 3.43. The van der Waals surface area contributed by atoms with E-state index in [0.717, 1.165) is 11.1 Å². The van der Waals surface area contributed by atoms with Gasteiger partial charge in [0.05, 0.1) is 11.7 Å². The fourth-order valence-electron chi connectivity index (χ4n) is 4.02. The van der Waals surface area contributed by atoms with E-state index in [1.807, 2.05) is 24.3 Å². The van der Waals surface area contributed by atoms with Gasteiger partial charge in [-0.1, -0.05) is 47.5 Å². The van der Waals surface area contributed by atoms with E-state index < -0.39 is 0 Å². The number of fused-ring (bicyclic) bond motifs is 1. The van der Waals surface area contributed by atoms with Crippen molar-refractivity contribution < 1.29 is 14.0 Å². The molecule has 2 aromatic carbocycles. The van der Waals surface area contributed by atoms with E-state index in [-0.39, 0.29) is 17.9 Å². The molecule has 3 aromatic rings. The standard InChI is InChI=1S/C24H22Cl2N2O3/c1-27-21(29)5-3-4-20-23(27)19(14-31-20)24(30)28(2)22(15-6-10-17(25)11-7-15)16-8-12-18(26)13-9-16/h6-14,22H,3-5H2,1-2H3. The molecule has 0 N–H and O–H groups in total. The summed E-state index contributed by atoms with van der Waals surface area (Å²) in [5, 5.41) is 1.24.